The molecule has 5 heteroatoms. The van der Waals surface area contributed by atoms with Crippen LogP contribution in [0.5, 0.6) is 0 Å². The van der Waals surface area contributed by atoms with Gasteiger partial charge in [-0.25, -0.2) is 4.39 Å². The van der Waals surface area contributed by atoms with Crippen LogP contribution < -0.4 is 5.32 Å². The average molecular weight is 314 g/mol. The SMILES string of the molecule is CN1CCC(n2nc(-c3ccc(F)cc3)c3c2CCNC3)CC1. The predicted molar refractivity (Wildman–Crippen MR) is 88.8 cm³/mol. The summed E-state index contributed by atoms with van der Waals surface area (Å²) in [4.78, 5) is 2.38. The summed E-state index contributed by atoms with van der Waals surface area (Å²) in [7, 11) is 2.18. The van der Waals surface area contributed by atoms with E-state index in [-0.39, 0.29) is 5.82 Å². The standard InChI is InChI=1S/C18H23FN4/c1-22-10-7-15(8-11-22)23-17-6-9-20-12-16(17)18(21-23)13-2-4-14(19)5-3-13/h2-5,15,20H,6-12H2,1H3. The second-order valence-corrected chi connectivity index (χ2v) is 6.69. The highest BCUT2D eigenvalue weighted by atomic mass is 19.1. The van der Waals surface area contributed by atoms with Crippen molar-refractivity contribution in [3.63, 3.8) is 0 Å². The highest BCUT2D eigenvalue weighted by Crippen LogP contribution is 2.32. The molecule has 1 saturated heterocycles. The van der Waals surface area contributed by atoms with E-state index >= 15 is 0 Å². The molecular formula is C18H23FN4. The highest BCUT2D eigenvalue weighted by molar-refractivity contribution is 5.64. The van der Waals surface area contributed by atoms with Crippen LogP contribution >= 0.6 is 0 Å². The highest BCUT2D eigenvalue weighted by Gasteiger charge is 2.27. The maximum Gasteiger partial charge on any atom is 0.123 e. The molecule has 4 nitrogen and oxygen atoms in total. The van der Waals surface area contributed by atoms with Crippen molar-refractivity contribution in [2.75, 3.05) is 26.7 Å². The normalized spacial score (nSPS) is 19.7. The molecule has 0 unspecified atom stereocenters. The van der Waals surface area contributed by atoms with Crippen molar-refractivity contribution in [3.05, 3.63) is 41.3 Å². The van der Waals surface area contributed by atoms with E-state index in [1.54, 1.807) is 0 Å². The Hall–Kier alpha value is -1.72. The lowest BCUT2D eigenvalue weighted by molar-refractivity contribution is 0.209. The second kappa shape index (κ2) is 6.06. The largest absolute Gasteiger partial charge is 0.312 e. The van der Waals surface area contributed by atoms with Gasteiger partial charge in [0.25, 0.3) is 0 Å². The Bertz CT molecular complexity index is 684. The molecule has 0 amide bonds. The third-order valence-electron chi connectivity index (χ3n) is 5.11. The van der Waals surface area contributed by atoms with Crippen LogP contribution in [0.4, 0.5) is 4.39 Å². The molecule has 122 valence electrons. The zero-order chi connectivity index (χ0) is 15.8. The fourth-order valence-corrected chi connectivity index (χ4v) is 3.76. The summed E-state index contributed by atoms with van der Waals surface area (Å²) in [5.41, 5.74) is 4.70. The molecule has 2 aliphatic rings. The number of benzene rings is 1. The van der Waals surface area contributed by atoms with Crippen LogP contribution in [0.25, 0.3) is 11.3 Å². The number of hydrogen-bond donors (Lipinski definition) is 1. The molecule has 0 bridgehead atoms. The molecule has 1 N–H and O–H groups in total. The van der Waals surface area contributed by atoms with Gasteiger partial charge >= 0.3 is 0 Å². The van der Waals surface area contributed by atoms with Gasteiger partial charge in [0.1, 0.15) is 5.82 Å². The molecule has 1 aromatic carbocycles. The van der Waals surface area contributed by atoms with Crippen LogP contribution in [0.3, 0.4) is 0 Å². The Morgan fingerprint density at radius 1 is 1.17 bits per heavy atom. The molecule has 1 aromatic heterocycles. The van der Waals surface area contributed by atoms with Crippen molar-refractivity contribution in [2.24, 2.45) is 0 Å². The van der Waals surface area contributed by atoms with Gasteiger partial charge in [-0.15, -0.1) is 0 Å². The molecule has 0 aliphatic carbocycles. The number of likely N-dealkylation sites (tertiary alicyclic amines) is 1. The topological polar surface area (TPSA) is 33.1 Å². The van der Waals surface area contributed by atoms with Gasteiger partial charge in [-0.2, -0.15) is 5.10 Å². The maximum atomic E-state index is 13.2. The minimum atomic E-state index is -0.199. The predicted octanol–water partition coefficient (Wildman–Crippen LogP) is 2.60. The minimum absolute atomic E-state index is 0.199. The Kier molecular flexibility index (Phi) is 3.91. The van der Waals surface area contributed by atoms with Crippen LogP contribution in [0.1, 0.15) is 30.1 Å². The van der Waals surface area contributed by atoms with Crippen LogP contribution in [0.2, 0.25) is 0 Å². The number of rotatable bonds is 2. The van der Waals surface area contributed by atoms with Gasteiger partial charge in [0.05, 0.1) is 11.7 Å². The number of nitrogens with one attached hydrogen (secondary N) is 1. The first kappa shape index (κ1) is 14.8. The van der Waals surface area contributed by atoms with E-state index in [1.165, 1.54) is 23.4 Å². The number of nitrogens with zero attached hydrogens (tertiary/aromatic N) is 3. The van der Waals surface area contributed by atoms with Gasteiger partial charge < -0.3 is 10.2 Å². The van der Waals surface area contributed by atoms with Crippen molar-refractivity contribution in [3.8, 4) is 11.3 Å². The van der Waals surface area contributed by atoms with Crippen LogP contribution in [0, 0.1) is 5.82 Å². The smallest absolute Gasteiger partial charge is 0.123 e. The fourth-order valence-electron chi connectivity index (χ4n) is 3.76. The molecular weight excluding hydrogens is 291 g/mol. The van der Waals surface area contributed by atoms with E-state index in [2.05, 4.69) is 21.9 Å². The summed E-state index contributed by atoms with van der Waals surface area (Å²) < 4.78 is 15.5. The molecule has 0 radical (unpaired) electrons. The summed E-state index contributed by atoms with van der Waals surface area (Å²) in [5.74, 6) is -0.199. The second-order valence-electron chi connectivity index (χ2n) is 6.69. The number of hydrogen-bond acceptors (Lipinski definition) is 3. The minimum Gasteiger partial charge on any atom is -0.312 e. The molecule has 3 heterocycles. The Labute approximate surface area is 136 Å². The number of aromatic nitrogens is 2. The zero-order valence-electron chi connectivity index (χ0n) is 13.6. The summed E-state index contributed by atoms with van der Waals surface area (Å²) in [6.45, 7) is 4.12. The van der Waals surface area contributed by atoms with Gasteiger partial charge in [0.2, 0.25) is 0 Å². The van der Waals surface area contributed by atoms with Crippen molar-refractivity contribution < 1.29 is 4.39 Å². The Morgan fingerprint density at radius 3 is 2.65 bits per heavy atom. The molecule has 0 saturated carbocycles. The Balaban J connectivity index is 1.74. The number of fused-ring (bicyclic) bond motifs is 1. The average Bonchev–Trinajstić information content (AvgIpc) is 2.96. The molecule has 0 atom stereocenters. The number of piperidine rings is 1. The van der Waals surface area contributed by atoms with E-state index in [0.717, 1.165) is 56.7 Å². The van der Waals surface area contributed by atoms with Crippen molar-refractivity contribution in [2.45, 2.75) is 31.8 Å². The van der Waals surface area contributed by atoms with Gasteiger partial charge in [0.15, 0.2) is 0 Å². The van der Waals surface area contributed by atoms with Gasteiger partial charge in [0, 0.05) is 36.3 Å². The van der Waals surface area contributed by atoms with E-state index < -0.39 is 0 Å². The Morgan fingerprint density at radius 2 is 1.91 bits per heavy atom. The first-order valence-electron chi connectivity index (χ1n) is 8.48. The lowest BCUT2D eigenvalue weighted by Crippen LogP contribution is -2.33. The van der Waals surface area contributed by atoms with Crippen LogP contribution in [-0.2, 0) is 13.0 Å². The molecule has 4 rings (SSSR count). The zero-order valence-corrected chi connectivity index (χ0v) is 13.6. The third-order valence-corrected chi connectivity index (χ3v) is 5.11. The molecule has 0 spiro atoms. The molecule has 2 aromatic rings. The summed E-state index contributed by atoms with van der Waals surface area (Å²) in [5, 5.41) is 8.43. The van der Waals surface area contributed by atoms with Crippen molar-refractivity contribution >= 4 is 0 Å². The molecule has 2 aliphatic heterocycles. The van der Waals surface area contributed by atoms with E-state index in [1.807, 2.05) is 12.1 Å². The quantitative estimate of drug-likeness (QED) is 0.925. The van der Waals surface area contributed by atoms with Crippen molar-refractivity contribution in [1.82, 2.24) is 20.0 Å². The fraction of sp³-hybridized carbons (Fsp3) is 0.500. The van der Waals surface area contributed by atoms with E-state index in [9.17, 15) is 4.39 Å². The summed E-state index contributed by atoms with van der Waals surface area (Å²) in [6.07, 6.45) is 3.33. The molecule has 1 fully saturated rings. The third kappa shape index (κ3) is 2.79. The lowest BCUT2D eigenvalue weighted by atomic mass is 10.0. The summed E-state index contributed by atoms with van der Waals surface area (Å²) in [6, 6.07) is 7.21. The number of halogens is 1. The molecule has 23 heavy (non-hydrogen) atoms. The van der Waals surface area contributed by atoms with Crippen LogP contribution in [-0.4, -0.2) is 41.4 Å². The lowest BCUT2D eigenvalue weighted by Gasteiger charge is -2.30. The van der Waals surface area contributed by atoms with Gasteiger partial charge in [-0.3, -0.25) is 4.68 Å². The van der Waals surface area contributed by atoms with E-state index in [0.29, 0.717) is 6.04 Å². The summed E-state index contributed by atoms with van der Waals surface area (Å²) >= 11 is 0. The van der Waals surface area contributed by atoms with Crippen LogP contribution in [0.15, 0.2) is 24.3 Å². The van der Waals surface area contributed by atoms with Gasteiger partial charge in [-0.05, 0) is 57.2 Å². The first-order valence-corrected chi connectivity index (χ1v) is 8.48. The maximum absolute atomic E-state index is 13.2. The van der Waals surface area contributed by atoms with Gasteiger partial charge in [-0.1, -0.05) is 0 Å². The van der Waals surface area contributed by atoms with E-state index in [4.69, 9.17) is 5.10 Å². The first-order chi connectivity index (χ1) is 11.2. The van der Waals surface area contributed by atoms with Crippen molar-refractivity contribution in [1.29, 1.82) is 0 Å². The monoisotopic (exact) mass is 314 g/mol.